The molecule has 1 aromatic rings. The minimum absolute atomic E-state index is 0.158. The topological polar surface area (TPSA) is 28.2 Å². The van der Waals surface area contributed by atoms with Crippen molar-refractivity contribution >= 4 is 5.82 Å². The molecule has 2 atom stereocenters. The summed E-state index contributed by atoms with van der Waals surface area (Å²) in [4.78, 5) is 6.45. The van der Waals surface area contributed by atoms with Crippen LogP contribution in [0.5, 0.6) is 0 Å². The van der Waals surface area contributed by atoms with E-state index in [1.54, 1.807) is 12.3 Å². The van der Waals surface area contributed by atoms with Gasteiger partial charge < -0.3 is 10.2 Å². The largest absolute Gasteiger partial charge is 0.351 e. The summed E-state index contributed by atoms with van der Waals surface area (Å²) in [6.07, 6.45) is 4.06. The number of halogens is 1. The molecule has 118 valence electrons. The summed E-state index contributed by atoms with van der Waals surface area (Å²) in [5.74, 6) is 1.54. The van der Waals surface area contributed by atoms with E-state index in [0.29, 0.717) is 35.8 Å². The molecule has 0 spiro atoms. The predicted molar refractivity (Wildman–Crippen MR) is 85.9 cm³/mol. The zero-order valence-electron chi connectivity index (χ0n) is 13.7. The van der Waals surface area contributed by atoms with E-state index >= 15 is 0 Å². The van der Waals surface area contributed by atoms with E-state index in [1.165, 1.54) is 6.42 Å². The molecular weight excluding hydrogens is 265 g/mol. The van der Waals surface area contributed by atoms with Gasteiger partial charge in [-0.25, -0.2) is 9.37 Å². The number of hydrogen-bond acceptors (Lipinski definition) is 3. The highest BCUT2D eigenvalue weighted by Gasteiger charge is 2.26. The molecule has 1 fully saturated rings. The summed E-state index contributed by atoms with van der Waals surface area (Å²) in [5, 5.41) is 3.31. The summed E-state index contributed by atoms with van der Waals surface area (Å²) >= 11 is 0. The van der Waals surface area contributed by atoms with Crippen molar-refractivity contribution in [3.63, 3.8) is 0 Å². The van der Waals surface area contributed by atoms with Gasteiger partial charge >= 0.3 is 0 Å². The van der Waals surface area contributed by atoms with Crippen LogP contribution >= 0.6 is 0 Å². The van der Waals surface area contributed by atoms with Crippen molar-refractivity contribution in [3.05, 3.63) is 23.6 Å². The number of pyridine rings is 1. The Morgan fingerprint density at radius 3 is 2.86 bits per heavy atom. The smallest absolute Gasteiger partial charge is 0.170 e. The standard InChI is InChI=1S/C17H28FN3/c1-12(2)9-19-10-15-7-8-20-17(16(15)18)21-11-13(3)5-6-14(21)4/h7-8,12-14,19H,5-6,9-11H2,1-4H3. The van der Waals surface area contributed by atoms with Crippen molar-refractivity contribution in [2.45, 2.75) is 53.1 Å². The molecule has 0 aromatic carbocycles. The second-order valence-electron chi connectivity index (χ2n) is 6.82. The number of piperidine rings is 1. The summed E-state index contributed by atoms with van der Waals surface area (Å²) in [7, 11) is 0. The number of nitrogens with one attached hydrogen (secondary N) is 1. The third kappa shape index (κ3) is 4.16. The van der Waals surface area contributed by atoms with Crippen LogP contribution < -0.4 is 10.2 Å². The van der Waals surface area contributed by atoms with Crippen LogP contribution in [-0.4, -0.2) is 24.1 Å². The molecule has 1 N–H and O–H groups in total. The van der Waals surface area contributed by atoms with Crippen LogP contribution in [0.1, 0.15) is 46.1 Å². The first-order valence-electron chi connectivity index (χ1n) is 8.09. The fraction of sp³-hybridized carbons (Fsp3) is 0.706. The van der Waals surface area contributed by atoms with E-state index in [0.717, 1.165) is 19.5 Å². The zero-order chi connectivity index (χ0) is 15.4. The first kappa shape index (κ1) is 16.2. The summed E-state index contributed by atoms with van der Waals surface area (Å²) in [5.41, 5.74) is 0.714. The number of aromatic nitrogens is 1. The minimum atomic E-state index is -0.158. The monoisotopic (exact) mass is 293 g/mol. The molecule has 2 rings (SSSR count). The highest BCUT2D eigenvalue weighted by Crippen LogP contribution is 2.28. The quantitative estimate of drug-likeness (QED) is 0.899. The van der Waals surface area contributed by atoms with Crippen LogP contribution in [0.25, 0.3) is 0 Å². The van der Waals surface area contributed by atoms with Crippen molar-refractivity contribution in [2.24, 2.45) is 11.8 Å². The minimum Gasteiger partial charge on any atom is -0.351 e. The Kier molecular flexibility index (Phi) is 5.57. The molecule has 0 aliphatic carbocycles. The fourth-order valence-corrected chi connectivity index (χ4v) is 2.89. The van der Waals surface area contributed by atoms with Gasteiger partial charge in [-0.1, -0.05) is 20.8 Å². The number of rotatable bonds is 5. The predicted octanol–water partition coefficient (Wildman–Crippen LogP) is 3.59. The van der Waals surface area contributed by atoms with Crippen molar-refractivity contribution in [1.82, 2.24) is 10.3 Å². The van der Waals surface area contributed by atoms with Gasteiger partial charge in [0.1, 0.15) is 0 Å². The molecular formula is C17H28FN3. The molecule has 0 radical (unpaired) electrons. The lowest BCUT2D eigenvalue weighted by Crippen LogP contribution is -2.42. The molecule has 0 saturated carbocycles. The molecule has 4 heteroatoms. The zero-order valence-corrected chi connectivity index (χ0v) is 13.7. The van der Waals surface area contributed by atoms with Gasteiger partial charge in [-0.05, 0) is 44.2 Å². The molecule has 1 saturated heterocycles. The van der Waals surface area contributed by atoms with Crippen LogP contribution in [0.3, 0.4) is 0 Å². The van der Waals surface area contributed by atoms with E-state index < -0.39 is 0 Å². The van der Waals surface area contributed by atoms with Crippen molar-refractivity contribution < 1.29 is 4.39 Å². The van der Waals surface area contributed by atoms with Gasteiger partial charge in [0, 0.05) is 30.9 Å². The average molecular weight is 293 g/mol. The first-order chi connectivity index (χ1) is 9.99. The van der Waals surface area contributed by atoms with Gasteiger partial charge in [-0.2, -0.15) is 0 Å². The Bertz CT molecular complexity index is 461. The fourth-order valence-electron chi connectivity index (χ4n) is 2.89. The number of hydrogen-bond donors (Lipinski definition) is 1. The van der Waals surface area contributed by atoms with Crippen LogP contribution in [-0.2, 0) is 6.54 Å². The van der Waals surface area contributed by atoms with Gasteiger partial charge in [0.05, 0.1) is 0 Å². The van der Waals surface area contributed by atoms with Crippen LogP contribution in [0.15, 0.2) is 12.3 Å². The van der Waals surface area contributed by atoms with E-state index in [1.807, 2.05) is 0 Å². The van der Waals surface area contributed by atoms with Gasteiger partial charge in [-0.15, -0.1) is 0 Å². The normalized spacial score (nSPS) is 22.9. The van der Waals surface area contributed by atoms with Crippen LogP contribution in [0.4, 0.5) is 10.2 Å². The maximum absolute atomic E-state index is 14.7. The summed E-state index contributed by atoms with van der Waals surface area (Å²) in [6.45, 7) is 11.1. The molecule has 1 aliphatic rings. The molecule has 1 aliphatic heterocycles. The Morgan fingerprint density at radius 2 is 2.14 bits per heavy atom. The lowest BCUT2D eigenvalue weighted by molar-refractivity contribution is 0.383. The van der Waals surface area contributed by atoms with Crippen molar-refractivity contribution in [3.8, 4) is 0 Å². The Hall–Kier alpha value is -1.16. The average Bonchev–Trinajstić information content (AvgIpc) is 2.43. The van der Waals surface area contributed by atoms with E-state index in [9.17, 15) is 4.39 Å². The SMILES string of the molecule is CC(C)CNCc1ccnc(N2CC(C)CCC2C)c1F. The van der Waals surface area contributed by atoms with E-state index in [2.05, 4.69) is 42.9 Å². The molecule has 21 heavy (non-hydrogen) atoms. The number of nitrogens with zero attached hydrogens (tertiary/aromatic N) is 2. The molecule has 0 amide bonds. The summed E-state index contributed by atoms with van der Waals surface area (Å²) < 4.78 is 14.7. The Balaban J connectivity index is 2.13. The van der Waals surface area contributed by atoms with Crippen LogP contribution in [0.2, 0.25) is 0 Å². The van der Waals surface area contributed by atoms with Crippen molar-refractivity contribution in [1.29, 1.82) is 0 Å². The summed E-state index contributed by atoms with van der Waals surface area (Å²) in [6, 6.07) is 2.14. The Morgan fingerprint density at radius 1 is 1.38 bits per heavy atom. The number of anilines is 1. The van der Waals surface area contributed by atoms with E-state index in [4.69, 9.17) is 0 Å². The highest BCUT2D eigenvalue weighted by molar-refractivity contribution is 5.44. The van der Waals surface area contributed by atoms with Gasteiger partial charge in [0.2, 0.25) is 0 Å². The maximum atomic E-state index is 14.7. The first-order valence-corrected chi connectivity index (χ1v) is 8.09. The Labute approximate surface area is 127 Å². The molecule has 1 aromatic heterocycles. The van der Waals surface area contributed by atoms with Gasteiger partial charge in [0.25, 0.3) is 0 Å². The third-order valence-electron chi connectivity index (χ3n) is 4.21. The second-order valence-corrected chi connectivity index (χ2v) is 6.82. The molecule has 2 unspecified atom stereocenters. The van der Waals surface area contributed by atoms with E-state index in [-0.39, 0.29) is 5.82 Å². The lowest BCUT2D eigenvalue weighted by Gasteiger charge is -2.38. The third-order valence-corrected chi connectivity index (χ3v) is 4.21. The maximum Gasteiger partial charge on any atom is 0.170 e. The highest BCUT2D eigenvalue weighted by atomic mass is 19.1. The van der Waals surface area contributed by atoms with Gasteiger partial charge in [-0.3, -0.25) is 0 Å². The lowest BCUT2D eigenvalue weighted by atomic mass is 9.95. The van der Waals surface area contributed by atoms with Gasteiger partial charge in [0.15, 0.2) is 11.6 Å². The molecule has 0 bridgehead atoms. The second kappa shape index (κ2) is 7.21. The molecule has 2 heterocycles. The van der Waals surface area contributed by atoms with Crippen molar-refractivity contribution in [2.75, 3.05) is 18.0 Å². The van der Waals surface area contributed by atoms with Crippen LogP contribution in [0, 0.1) is 17.7 Å². The molecule has 3 nitrogen and oxygen atoms in total.